The summed E-state index contributed by atoms with van der Waals surface area (Å²) in [5, 5.41) is 7.70. The van der Waals surface area contributed by atoms with E-state index in [2.05, 4.69) is 15.3 Å². The molecule has 0 aliphatic carbocycles. The predicted octanol–water partition coefficient (Wildman–Crippen LogP) is 0.731. The lowest BCUT2D eigenvalue weighted by atomic mass is 10.1. The first-order valence-corrected chi connectivity index (χ1v) is 7.22. The van der Waals surface area contributed by atoms with Crippen LogP contribution in [0.25, 0.3) is 0 Å². The summed E-state index contributed by atoms with van der Waals surface area (Å²) in [7, 11) is 3.55. The summed E-state index contributed by atoms with van der Waals surface area (Å²) < 4.78 is 6.30. The lowest BCUT2D eigenvalue weighted by Crippen LogP contribution is -2.45. The molecule has 1 N–H and O–H groups in total. The van der Waals surface area contributed by atoms with Crippen LogP contribution in [0, 0.1) is 0 Å². The number of likely N-dealkylation sites (N-methyl/N-ethyl adjacent to an activating group) is 1. The van der Waals surface area contributed by atoms with Crippen molar-refractivity contribution >= 4 is 17.3 Å². The molecule has 0 amide bonds. The summed E-state index contributed by atoms with van der Waals surface area (Å²) in [6.45, 7) is 2.60. The van der Waals surface area contributed by atoms with Crippen LogP contribution in [0.3, 0.4) is 0 Å². The molecule has 2 rings (SSSR count). The van der Waals surface area contributed by atoms with Crippen LogP contribution in [0.1, 0.15) is 12.8 Å². The number of methoxy groups -OCH3 is 1. The highest BCUT2D eigenvalue weighted by Gasteiger charge is 2.22. The Labute approximate surface area is 123 Å². The molecule has 1 fully saturated rings. The molecule has 0 radical (unpaired) electrons. The maximum atomic E-state index is 12.2. The highest BCUT2D eigenvalue weighted by molar-refractivity contribution is 6.33. The van der Waals surface area contributed by atoms with E-state index in [0.29, 0.717) is 19.2 Å². The van der Waals surface area contributed by atoms with Crippen molar-refractivity contribution in [3.05, 3.63) is 21.6 Å². The Morgan fingerprint density at radius 1 is 1.60 bits per heavy atom. The molecule has 7 heteroatoms. The lowest BCUT2D eigenvalue weighted by molar-refractivity contribution is 0.182. The fourth-order valence-electron chi connectivity index (χ4n) is 2.45. The Morgan fingerprint density at radius 3 is 3.10 bits per heavy atom. The molecule has 1 atom stereocenters. The number of halogens is 1. The molecule has 0 saturated carbocycles. The molecular formula is C13H21ClN4O2. The largest absolute Gasteiger partial charge is 0.383 e. The van der Waals surface area contributed by atoms with Gasteiger partial charge in [0.1, 0.15) is 5.02 Å². The van der Waals surface area contributed by atoms with Crippen LogP contribution in [-0.4, -0.2) is 49.7 Å². The van der Waals surface area contributed by atoms with Crippen molar-refractivity contribution in [3.63, 3.8) is 0 Å². The molecule has 0 spiro atoms. The summed E-state index contributed by atoms with van der Waals surface area (Å²) in [6, 6.07) is 0.427. The number of hydrogen-bond donors (Lipinski definition) is 1. The third kappa shape index (κ3) is 3.31. The highest BCUT2D eigenvalue weighted by atomic mass is 35.5. The zero-order valence-electron chi connectivity index (χ0n) is 11.9. The smallest absolute Gasteiger partial charge is 0.287 e. The second-order valence-corrected chi connectivity index (χ2v) is 5.32. The third-order valence-corrected chi connectivity index (χ3v) is 4.00. The molecule has 0 bridgehead atoms. The zero-order valence-corrected chi connectivity index (χ0v) is 12.7. The number of hydrogen-bond acceptors (Lipinski definition) is 5. The molecule has 0 aromatic carbocycles. The average Bonchev–Trinajstić information content (AvgIpc) is 2.49. The minimum Gasteiger partial charge on any atom is -0.383 e. The van der Waals surface area contributed by atoms with Crippen LogP contribution < -0.4 is 15.8 Å². The van der Waals surface area contributed by atoms with Crippen molar-refractivity contribution in [3.8, 4) is 0 Å². The first-order chi connectivity index (χ1) is 9.67. The van der Waals surface area contributed by atoms with Crippen LogP contribution in [0.5, 0.6) is 0 Å². The Bertz CT molecular complexity index is 506. The van der Waals surface area contributed by atoms with Gasteiger partial charge in [-0.1, -0.05) is 11.6 Å². The first kappa shape index (κ1) is 15.3. The number of ether oxygens (including phenoxy) is 1. The van der Waals surface area contributed by atoms with Crippen molar-refractivity contribution in [2.45, 2.75) is 25.4 Å². The van der Waals surface area contributed by atoms with Crippen molar-refractivity contribution in [1.29, 1.82) is 0 Å². The summed E-state index contributed by atoms with van der Waals surface area (Å²) in [5.41, 5.74) is 0.470. The van der Waals surface area contributed by atoms with Gasteiger partial charge in [0.15, 0.2) is 0 Å². The normalized spacial score (nSPS) is 19.4. The number of nitrogens with one attached hydrogen (secondary N) is 1. The molecule has 1 aromatic rings. The van der Waals surface area contributed by atoms with Crippen molar-refractivity contribution in [1.82, 2.24) is 15.1 Å². The third-order valence-electron chi connectivity index (χ3n) is 3.64. The molecule has 1 aliphatic heterocycles. The maximum absolute atomic E-state index is 12.2. The van der Waals surface area contributed by atoms with Crippen LogP contribution in [0.4, 0.5) is 5.69 Å². The van der Waals surface area contributed by atoms with E-state index in [1.54, 1.807) is 13.3 Å². The van der Waals surface area contributed by atoms with E-state index in [1.165, 1.54) is 4.68 Å². The average molecular weight is 301 g/mol. The van der Waals surface area contributed by atoms with Gasteiger partial charge in [0.25, 0.3) is 5.56 Å². The molecule has 1 saturated heterocycles. The molecule has 1 aliphatic rings. The van der Waals surface area contributed by atoms with Crippen molar-refractivity contribution < 1.29 is 4.74 Å². The van der Waals surface area contributed by atoms with Gasteiger partial charge in [-0.3, -0.25) is 4.79 Å². The van der Waals surface area contributed by atoms with Crippen LogP contribution >= 0.6 is 11.6 Å². The van der Waals surface area contributed by atoms with Crippen LogP contribution in [0.2, 0.25) is 5.02 Å². The van der Waals surface area contributed by atoms with Gasteiger partial charge in [-0.2, -0.15) is 5.10 Å². The Morgan fingerprint density at radius 2 is 2.40 bits per heavy atom. The molecule has 1 unspecified atom stereocenters. The van der Waals surface area contributed by atoms with E-state index in [1.807, 2.05) is 7.05 Å². The molecule has 20 heavy (non-hydrogen) atoms. The summed E-state index contributed by atoms with van der Waals surface area (Å²) >= 11 is 6.23. The monoisotopic (exact) mass is 300 g/mol. The quantitative estimate of drug-likeness (QED) is 0.869. The number of anilines is 1. The van der Waals surface area contributed by atoms with Crippen LogP contribution in [0.15, 0.2) is 11.0 Å². The Kier molecular flexibility index (Phi) is 5.39. The Hall–Kier alpha value is -1.11. The van der Waals surface area contributed by atoms with E-state index >= 15 is 0 Å². The SMILES string of the molecule is CNC1CCCN(c2cnn(CCOC)c(=O)c2Cl)C1. The van der Waals surface area contributed by atoms with E-state index < -0.39 is 0 Å². The minimum atomic E-state index is -0.257. The fourth-order valence-corrected chi connectivity index (χ4v) is 2.71. The standard InChI is InChI=1S/C13H21ClN4O2/c1-15-10-4-3-5-17(9-10)11-8-16-18(6-7-20-2)13(19)12(11)14/h8,10,15H,3-7,9H2,1-2H3. The lowest BCUT2D eigenvalue weighted by Gasteiger charge is -2.34. The van der Waals surface area contributed by atoms with Crippen molar-refractivity contribution in [2.24, 2.45) is 0 Å². The second-order valence-electron chi connectivity index (χ2n) is 4.94. The molecular weight excluding hydrogens is 280 g/mol. The number of aromatic nitrogens is 2. The molecule has 2 heterocycles. The summed E-state index contributed by atoms with van der Waals surface area (Å²) in [6.07, 6.45) is 3.90. The van der Waals surface area contributed by atoms with Crippen LogP contribution in [-0.2, 0) is 11.3 Å². The predicted molar refractivity (Wildman–Crippen MR) is 79.7 cm³/mol. The first-order valence-electron chi connectivity index (χ1n) is 6.84. The second kappa shape index (κ2) is 7.06. The zero-order chi connectivity index (χ0) is 14.5. The van der Waals surface area contributed by atoms with E-state index in [9.17, 15) is 4.79 Å². The topological polar surface area (TPSA) is 59.4 Å². The van der Waals surface area contributed by atoms with Crippen molar-refractivity contribution in [2.75, 3.05) is 38.8 Å². The van der Waals surface area contributed by atoms with Gasteiger partial charge in [-0.25, -0.2) is 4.68 Å². The number of nitrogens with zero attached hydrogens (tertiary/aromatic N) is 3. The van der Waals surface area contributed by atoms with Gasteiger partial charge >= 0.3 is 0 Å². The van der Waals surface area contributed by atoms with Gasteiger partial charge in [0.05, 0.1) is 25.0 Å². The van der Waals surface area contributed by atoms with Gasteiger partial charge in [-0.15, -0.1) is 0 Å². The van der Waals surface area contributed by atoms with Gasteiger partial charge in [0, 0.05) is 26.2 Å². The molecule has 6 nitrogen and oxygen atoms in total. The van der Waals surface area contributed by atoms with E-state index in [0.717, 1.165) is 31.6 Å². The minimum absolute atomic E-state index is 0.243. The molecule has 1 aromatic heterocycles. The van der Waals surface area contributed by atoms with Gasteiger partial charge in [-0.05, 0) is 19.9 Å². The highest BCUT2D eigenvalue weighted by Crippen LogP contribution is 2.24. The molecule has 112 valence electrons. The fraction of sp³-hybridized carbons (Fsp3) is 0.692. The summed E-state index contributed by atoms with van der Waals surface area (Å²) in [4.78, 5) is 14.3. The van der Waals surface area contributed by atoms with E-state index in [-0.39, 0.29) is 10.6 Å². The summed E-state index contributed by atoms with van der Waals surface area (Å²) in [5.74, 6) is 0. The number of piperidine rings is 1. The van der Waals surface area contributed by atoms with E-state index in [4.69, 9.17) is 16.3 Å². The Balaban J connectivity index is 2.20. The van der Waals surface area contributed by atoms with Gasteiger partial charge < -0.3 is 15.0 Å². The number of rotatable bonds is 5. The maximum Gasteiger partial charge on any atom is 0.287 e. The van der Waals surface area contributed by atoms with Gasteiger partial charge in [0.2, 0.25) is 0 Å².